The molecule has 0 atom stereocenters. The van der Waals surface area contributed by atoms with E-state index in [9.17, 15) is 0 Å². The number of nitrogens with two attached hydrogens (primary N) is 1. The van der Waals surface area contributed by atoms with Crippen LogP contribution in [0.25, 0.3) is 0 Å². The zero-order valence-corrected chi connectivity index (χ0v) is 10.4. The highest BCUT2D eigenvalue weighted by Crippen LogP contribution is 2.20. The fourth-order valence-corrected chi connectivity index (χ4v) is 1.54. The van der Waals surface area contributed by atoms with Crippen LogP contribution in [0.1, 0.15) is 26.7 Å². The van der Waals surface area contributed by atoms with Crippen LogP contribution in [-0.2, 0) is 0 Å². The molecule has 1 heterocycles. The molecule has 1 rings (SSSR count). The van der Waals surface area contributed by atoms with E-state index >= 15 is 0 Å². The Morgan fingerprint density at radius 3 is 2.69 bits per heavy atom. The van der Waals surface area contributed by atoms with Gasteiger partial charge in [0, 0.05) is 6.54 Å². The van der Waals surface area contributed by atoms with Gasteiger partial charge in [0.2, 0.25) is 5.95 Å². The number of aromatic nitrogens is 2. The van der Waals surface area contributed by atoms with Crippen molar-refractivity contribution in [1.29, 1.82) is 0 Å². The fraction of sp³-hybridized carbons (Fsp3) is 0.600. The van der Waals surface area contributed by atoms with Crippen LogP contribution in [0.15, 0.2) is 6.20 Å². The first kappa shape index (κ1) is 13.0. The van der Waals surface area contributed by atoms with Crippen molar-refractivity contribution < 1.29 is 0 Å². The van der Waals surface area contributed by atoms with Gasteiger partial charge in [0.1, 0.15) is 5.02 Å². The first-order valence-electron chi connectivity index (χ1n) is 5.44. The summed E-state index contributed by atoms with van der Waals surface area (Å²) in [5, 5.41) is 3.72. The average molecular weight is 244 g/mol. The Labute approximate surface area is 101 Å². The van der Waals surface area contributed by atoms with Crippen molar-refractivity contribution in [2.75, 3.05) is 17.3 Å². The molecule has 0 bridgehead atoms. The van der Waals surface area contributed by atoms with E-state index in [4.69, 9.17) is 17.4 Å². The second kappa shape index (κ2) is 6.50. The van der Waals surface area contributed by atoms with Gasteiger partial charge in [-0.2, -0.15) is 4.98 Å². The van der Waals surface area contributed by atoms with Gasteiger partial charge in [-0.3, -0.25) is 5.43 Å². The number of halogens is 1. The van der Waals surface area contributed by atoms with Crippen LogP contribution in [0, 0.1) is 5.92 Å². The Morgan fingerprint density at radius 2 is 2.12 bits per heavy atom. The molecule has 0 aromatic carbocycles. The summed E-state index contributed by atoms with van der Waals surface area (Å²) in [7, 11) is 0. The molecule has 0 aliphatic heterocycles. The summed E-state index contributed by atoms with van der Waals surface area (Å²) >= 11 is 5.97. The van der Waals surface area contributed by atoms with Gasteiger partial charge in [0.05, 0.1) is 6.20 Å². The summed E-state index contributed by atoms with van der Waals surface area (Å²) in [6, 6.07) is 0. The molecular weight excluding hydrogens is 226 g/mol. The van der Waals surface area contributed by atoms with Crippen LogP contribution < -0.4 is 16.6 Å². The van der Waals surface area contributed by atoms with Gasteiger partial charge in [0.15, 0.2) is 5.82 Å². The lowest BCUT2D eigenvalue weighted by molar-refractivity contribution is 0.518. The minimum absolute atomic E-state index is 0.358. The Bertz CT molecular complexity index is 327. The number of hydrogen-bond acceptors (Lipinski definition) is 5. The van der Waals surface area contributed by atoms with Gasteiger partial charge < -0.3 is 5.32 Å². The maximum atomic E-state index is 5.97. The van der Waals surface area contributed by atoms with E-state index in [0.29, 0.717) is 22.7 Å². The predicted octanol–water partition coefficient (Wildman–Crippen LogP) is 2.26. The molecule has 1 aromatic heterocycles. The van der Waals surface area contributed by atoms with E-state index in [1.807, 2.05) is 0 Å². The van der Waals surface area contributed by atoms with Crippen LogP contribution >= 0.6 is 11.6 Å². The molecule has 5 nitrogen and oxygen atoms in total. The standard InChI is InChI=1S/C10H18ClN5/c1-3-7(4-2)5-13-9-8(11)6-14-10(15-9)16-12/h6-7H,3-5,12H2,1-2H3,(H2,13,14,15,16). The number of hydrogen-bond donors (Lipinski definition) is 3. The molecular formula is C10H18ClN5. The third-order valence-electron chi connectivity index (χ3n) is 2.59. The van der Waals surface area contributed by atoms with Gasteiger partial charge in [-0.05, 0) is 5.92 Å². The Kier molecular flexibility index (Phi) is 5.28. The van der Waals surface area contributed by atoms with Crippen molar-refractivity contribution in [3.8, 4) is 0 Å². The van der Waals surface area contributed by atoms with E-state index in [1.165, 1.54) is 6.20 Å². The molecule has 0 saturated heterocycles. The van der Waals surface area contributed by atoms with Crippen LogP contribution in [0.2, 0.25) is 5.02 Å². The first-order chi connectivity index (χ1) is 7.71. The summed E-state index contributed by atoms with van der Waals surface area (Å²) < 4.78 is 0. The molecule has 0 fully saturated rings. The summed E-state index contributed by atoms with van der Waals surface area (Å²) in [6.45, 7) is 5.20. The monoisotopic (exact) mass is 243 g/mol. The maximum Gasteiger partial charge on any atom is 0.239 e. The number of nitrogen functional groups attached to an aromatic ring is 1. The molecule has 0 radical (unpaired) electrons. The second-order valence-electron chi connectivity index (χ2n) is 3.60. The number of nitrogens with zero attached hydrogens (tertiary/aromatic N) is 2. The van der Waals surface area contributed by atoms with Crippen LogP contribution in [0.4, 0.5) is 11.8 Å². The van der Waals surface area contributed by atoms with E-state index < -0.39 is 0 Å². The minimum atomic E-state index is 0.358. The number of nitrogens with one attached hydrogen (secondary N) is 2. The third-order valence-corrected chi connectivity index (χ3v) is 2.86. The summed E-state index contributed by atoms with van der Waals surface area (Å²) in [4.78, 5) is 8.05. The fourth-order valence-electron chi connectivity index (χ4n) is 1.38. The van der Waals surface area contributed by atoms with Crippen LogP contribution in [0.5, 0.6) is 0 Å². The topological polar surface area (TPSA) is 75.9 Å². The minimum Gasteiger partial charge on any atom is -0.368 e. The SMILES string of the molecule is CCC(CC)CNc1nc(NN)ncc1Cl. The molecule has 0 aliphatic rings. The Hall–Kier alpha value is -1.07. The molecule has 1 aromatic rings. The van der Waals surface area contributed by atoms with Gasteiger partial charge >= 0.3 is 0 Å². The highest BCUT2D eigenvalue weighted by Gasteiger charge is 2.07. The van der Waals surface area contributed by atoms with Gasteiger partial charge in [-0.25, -0.2) is 10.8 Å². The quantitative estimate of drug-likeness (QED) is 0.528. The molecule has 0 amide bonds. The summed E-state index contributed by atoms with van der Waals surface area (Å²) in [5.74, 6) is 6.84. The lowest BCUT2D eigenvalue weighted by Gasteiger charge is -2.14. The maximum absolute atomic E-state index is 5.97. The molecule has 0 unspecified atom stereocenters. The smallest absolute Gasteiger partial charge is 0.239 e. The molecule has 4 N–H and O–H groups in total. The zero-order valence-electron chi connectivity index (χ0n) is 9.63. The molecule has 6 heteroatoms. The van der Waals surface area contributed by atoms with E-state index in [2.05, 4.69) is 34.6 Å². The first-order valence-corrected chi connectivity index (χ1v) is 5.82. The van der Waals surface area contributed by atoms with Crippen molar-refractivity contribution >= 4 is 23.4 Å². The molecule has 90 valence electrons. The number of rotatable bonds is 6. The summed E-state index contributed by atoms with van der Waals surface area (Å²) in [5.41, 5.74) is 2.39. The van der Waals surface area contributed by atoms with Crippen molar-refractivity contribution in [3.63, 3.8) is 0 Å². The van der Waals surface area contributed by atoms with Crippen LogP contribution in [0.3, 0.4) is 0 Å². The van der Waals surface area contributed by atoms with Crippen molar-refractivity contribution in [2.45, 2.75) is 26.7 Å². The number of anilines is 2. The van der Waals surface area contributed by atoms with Gasteiger partial charge in [-0.15, -0.1) is 0 Å². The highest BCUT2D eigenvalue weighted by atomic mass is 35.5. The van der Waals surface area contributed by atoms with E-state index in [0.717, 1.165) is 19.4 Å². The predicted molar refractivity (Wildman–Crippen MR) is 67.4 cm³/mol. The van der Waals surface area contributed by atoms with Gasteiger partial charge in [0.25, 0.3) is 0 Å². The Balaban J connectivity index is 2.65. The molecule has 0 aliphatic carbocycles. The molecule has 0 spiro atoms. The van der Waals surface area contributed by atoms with E-state index in [-0.39, 0.29) is 0 Å². The van der Waals surface area contributed by atoms with Gasteiger partial charge in [-0.1, -0.05) is 38.3 Å². The van der Waals surface area contributed by atoms with Crippen molar-refractivity contribution in [3.05, 3.63) is 11.2 Å². The van der Waals surface area contributed by atoms with Crippen molar-refractivity contribution in [1.82, 2.24) is 9.97 Å². The molecule has 0 saturated carbocycles. The summed E-state index contributed by atoms with van der Waals surface area (Å²) in [6.07, 6.45) is 3.79. The second-order valence-corrected chi connectivity index (χ2v) is 4.01. The highest BCUT2D eigenvalue weighted by molar-refractivity contribution is 6.32. The Morgan fingerprint density at radius 1 is 1.44 bits per heavy atom. The lowest BCUT2D eigenvalue weighted by atomic mass is 10.0. The molecule has 16 heavy (non-hydrogen) atoms. The lowest BCUT2D eigenvalue weighted by Crippen LogP contribution is -2.16. The van der Waals surface area contributed by atoms with Crippen molar-refractivity contribution in [2.24, 2.45) is 11.8 Å². The van der Waals surface area contributed by atoms with Crippen LogP contribution in [-0.4, -0.2) is 16.5 Å². The van der Waals surface area contributed by atoms with E-state index in [1.54, 1.807) is 0 Å². The zero-order chi connectivity index (χ0) is 12.0. The largest absolute Gasteiger partial charge is 0.368 e. The third kappa shape index (κ3) is 3.50. The normalized spacial score (nSPS) is 10.6. The number of hydrazine groups is 1. The average Bonchev–Trinajstić information content (AvgIpc) is 2.32.